The van der Waals surface area contributed by atoms with Gasteiger partial charge in [-0.15, -0.1) is 0 Å². The number of thiocarbonyl (C=S) groups is 1. The van der Waals surface area contributed by atoms with Crippen molar-refractivity contribution in [2.75, 3.05) is 11.9 Å². The average molecular weight is 303 g/mol. The van der Waals surface area contributed by atoms with Gasteiger partial charge in [0.25, 0.3) is 0 Å². The molecule has 0 aromatic heterocycles. The molecule has 1 saturated carbocycles. The maximum absolute atomic E-state index is 13.3. The standard InChI is InChI=1S/C12H12F3N3OS/c13-7-3-4-8(11(15)10(7)14)18-9(19)5-16-12(20)17-6-1-2-6/h3-4,6H,1-2,5H2,(H,18,19)(H2,16,17,20). The van der Waals surface area contributed by atoms with Crippen molar-refractivity contribution in [3.63, 3.8) is 0 Å². The first-order valence-corrected chi connectivity index (χ1v) is 6.36. The van der Waals surface area contributed by atoms with Crippen LogP contribution in [0.15, 0.2) is 12.1 Å². The Morgan fingerprint density at radius 2 is 1.95 bits per heavy atom. The molecule has 0 spiro atoms. The summed E-state index contributed by atoms with van der Waals surface area (Å²) in [6, 6.07) is 2.04. The molecule has 1 aliphatic carbocycles. The van der Waals surface area contributed by atoms with Gasteiger partial charge in [0.05, 0.1) is 12.2 Å². The summed E-state index contributed by atoms with van der Waals surface area (Å²) in [5.74, 6) is -4.98. The molecule has 1 aliphatic rings. The molecule has 0 heterocycles. The molecule has 0 radical (unpaired) electrons. The SMILES string of the molecule is O=C(CNC(=S)NC1CC1)Nc1ccc(F)c(F)c1F. The fourth-order valence-electron chi connectivity index (χ4n) is 1.44. The second-order valence-electron chi connectivity index (χ2n) is 4.37. The van der Waals surface area contributed by atoms with Gasteiger partial charge < -0.3 is 16.0 Å². The van der Waals surface area contributed by atoms with Crippen molar-refractivity contribution in [2.45, 2.75) is 18.9 Å². The van der Waals surface area contributed by atoms with E-state index in [1.165, 1.54) is 0 Å². The minimum absolute atomic E-state index is 0.197. The topological polar surface area (TPSA) is 53.2 Å². The number of anilines is 1. The van der Waals surface area contributed by atoms with Crippen LogP contribution in [0.4, 0.5) is 18.9 Å². The molecule has 3 N–H and O–H groups in total. The Morgan fingerprint density at radius 1 is 1.25 bits per heavy atom. The molecule has 108 valence electrons. The smallest absolute Gasteiger partial charge is 0.243 e. The van der Waals surface area contributed by atoms with Crippen molar-refractivity contribution >= 4 is 28.9 Å². The number of amides is 1. The number of benzene rings is 1. The third kappa shape index (κ3) is 3.83. The number of nitrogens with one attached hydrogen (secondary N) is 3. The number of hydrogen-bond donors (Lipinski definition) is 3. The average Bonchev–Trinajstić information content (AvgIpc) is 3.21. The fourth-order valence-corrected chi connectivity index (χ4v) is 1.68. The Labute approximate surface area is 118 Å². The minimum Gasteiger partial charge on any atom is -0.360 e. The van der Waals surface area contributed by atoms with Crippen molar-refractivity contribution in [3.05, 3.63) is 29.6 Å². The van der Waals surface area contributed by atoms with Crippen LogP contribution in [-0.4, -0.2) is 23.6 Å². The van der Waals surface area contributed by atoms with E-state index in [0.29, 0.717) is 11.2 Å². The highest BCUT2D eigenvalue weighted by atomic mass is 32.1. The minimum atomic E-state index is -1.62. The lowest BCUT2D eigenvalue weighted by molar-refractivity contribution is -0.115. The van der Waals surface area contributed by atoms with E-state index in [9.17, 15) is 18.0 Å². The van der Waals surface area contributed by atoms with Crippen LogP contribution in [0.25, 0.3) is 0 Å². The van der Waals surface area contributed by atoms with Crippen LogP contribution < -0.4 is 16.0 Å². The molecule has 1 aromatic carbocycles. The van der Waals surface area contributed by atoms with Crippen molar-refractivity contribution in [2.24, 2.45) is 0 Å². The van der Waals surface area contributed by atoms with Gasteiger partial charge in [-0.3, -0.25) is 4.79 Å². The van der Waals surface area contributed by atoms with Gasteiger partial charge >= 0.3 is 0 Å². The number of halogens is 3. The molecule has 1 aromatic rings. The summed E-state index contributed by atoms with van der Waals surface area (Å²) in [6.07, 6.45) is 2.07. The van der Waals surface area contributed by atoms with Gasteiger partial charge in [0, 0.05) is 6.04 Å². The summed E-state index contributed by atoms with van der Waals surface area (Å²) in [5.41, 5.74) is -0.420. The van der Waals surface area contributed by atoms with Gasteiger partial charge in [-0.2, -0.15) is 0 Å². The van der Waals surface area contributed by atoms with Gasteiger partial charge in [-0.05, 0) is 37.2 Å². The molecule has 4 nitrogen and oxygen atoms in total. The van der Waals surface area contributed by atoms with Crippen LogP contribution in [-0.2, 0) is 4.79 Å². The summed E-state index contributed by atoms with van der Waals surface area (Å²) >= 11 is 4.93. The summed E-state index contributed by atoms with van der Waals surface area (Å²) in [6.45, 7) is -0.197. The van der Waals surface area contributed by atoms with E-state index in [4.69, 9.17) is 12.2 Å². The van der Waals surface area contributed by atoms with E-state index in [1.807, 2.05) is 0 Å². The van der Waals surface area contributed by atoms with Crippen molar-refractivity contribution < 1.29 is 18.0 Å². The van der Waals surface area contributed by atoms with Crippen LogP contribution in [0.2, 0.25) is 0 Å². The predicted molar refractivity (Wildman–Crippen MR) is 71.7 cm³/mol. The van der Waals surface area contributed by atoms with Crippen molar-refractivity contribution in [1.29, 1.82) is 0 Å². The Morgan fingerprint density at radius 3 is 2.60 bits per heavy atom. The van der Waals surface area contributed by atoms with Crippen LogP contribution >= 0.6 is 12.2 Å². The molecular formula is C12H12F3N3OS. The predicted octanol–water partition coefficient (Wildman–Crippen LogP) is 1.67. The molecule has 0 unspecified atom stereocenters. The third-order valence-corrected chi connectivity index (χ3v) is 2.89. The highest BCUT2D eigenvalue weighted by Crippen LogP contribution is 2.19. The van der Waals surface area contributed by atoms with Crippen LogP contribution in [0.1, 0.15) is 12.8 Å². The van der Waals surface area contributed by atoms with E-state index in [1.54, 1.807) is 0 Å². The zero-order chi connectivity index (χ0) is 14.7. The van der Waals surface area contributed by atoms with Gasteiger partial charge in [0.2, 0.25) is 5.91 Å². The highest BCUT2D eigenvalue weighted by molar-refractivity contribution is 7.80. The molecule has 1 fully saturated rings. The van der Waals surface area contributed by atoms with Crippen molar-refractivity contribution in [1.82, 2.24) is 10.6 Å². The largest absolute Gasteiger partial charge is 0.360 e. The van der Waals surface area contributed by atoms with E-state index in [0.717, 1.165) is 25.0 Å². The fraction of sp³-hybridized carbons (Fsp3) is 0.333. The summed E-state index contributed by atoms with van der Waals surface area (Å²) in [5, 5.41) is 8.05. The number of hydrogen-bond acceptors (Lipinski definition) is 2. The van der Waals surface area contributed by atoms with E-state index < -0.39 is 29.0 Å². The molecule has 2 rings (SSSR count). The molecule has 0 atom stereocenters. The molecule has 0 bridgehead atoms. The second kappa shape index (κ2) is 6.08. The number of carbonyl (C=O) groups excluding carboxylic acids is 1. The van der Waals surface area contributed by atoms with Crippen LogP contribution in [0, 0.1) is 17.5 Å². The first kappa shape index (κ1) is 14.6. The number of rotatable bonds is 4. The summed E-state index contributed by atoms with van der Waals surface area (Å²) < 4.78 is 39.0. The Balaban J connectivity index is 1.84. The zero-order valence-corrected chi connectivity index (χ0v) is 11.1. The van der Waals surface area contributed by atoms with E-state index in [-0.39, 0.29) is 6.54 Å². The number of carbonyl (C=O) groups is 1. The lowest BCUT2D eigenvalue weighted by Crippen LogP contribution is -2.40. The van der Waals surface area contributed by atoms with E-state index in [2.05, 4.69) is 16.0 Å². The van der Waals surface area contributed by atoms with Crippen LogP contribution in [0.3, 0.4) is 0 Å². The van der Waals surface area contributed by atoms with Crippen molar-refractivity contribution in [3.8, 4) is 0 Å². The highest BCUT2D eigenvalue weighted by Gasteiger charge is 2.22. The Kier molecular flexibility index (Phi) is 4.43. The third-order valence-electron chi connectivity index (χ3n) is 2.63. The molecule has 0 saturated heterocycles. The quantitative estimate of drug-likeness (QED) is 0.585. The molecule has 8 heteroatoms. The normalized spacial score (nSPS) is 13.8. The molecular weight excluding hydrogens is 291 g/mol. The maximum Gasteiger partial charge on any atom is 0.243 e. The summed E-state index contributed by atoms with van der Waals surface area (Å²) in [4.78, 5) is 11.5. The summed E-state index contributed by atoms with van der Waals surface area (Å²) in [7, 11) is 0. The van der Waals surface area contributed by atoms with E-state index >= 15 is 0 Å². The van der Waals surface area contributed by atoms with Gasteiger partial charge in [0.1, 0.15) is 0 Å². The van der Waals surface area contributed by atoms with Gasteiger partial charge in [-0.25, -0.2) is 13.2 Å². The Hall–Kier alpha value is -1.83. The Bertz CT molecular complexity index is 549. The molecule has 0 aliphatic heterocycles. The first-order chi connectivity index (χ1) is 9.47. The van der Waals surface area contributed by atoms with Gasteiger partial charge in [-0.1, -0.05) is 0 Å². The second-order valence-corrected chi connectivity index (χ2v) is 4.78. The van der Waals surface area contributed by atoms with Gasteiger partial charge in [0.15, 0.2) is 22.6 Å². The maximum atomic E-state index is 13.3. The zero-order valence-electron chi connectivity index (χ0n) is 10.3. The van der Waals surface area contributed by atoms with Crippen LogP contribution in [0.5, 0.6) is 0 Å². The lowest BCUT2D eigenvalue weighted by atomic mass is 10.2. The molecule has 20 heavy (non-hydrogen) atoms. The monoisotopic (exact) mass is 303 g/mol. The molecule has 1 amide bonds. The lowest BCUT2D eigenvalue weighted by Gasteiger charge is -2.10. The first-order valence-electron chi connectivity index (χ1n) is 5.95.